The number of carbonyl (C=O) groups is 2. The summed E-state index contributed by atoms with van der Waals surface area (Å²) in [6, 6.07) is -1.21. The predicted molar refractivity (Wildman–Crippen MR) is 63.0 cm³/mol. The van der Waals surface area contributed by atoms with Crippen LogP contribution in [0.4, 0.5) is 4.79 Å². The van der Waals surface area contributed by atoms with Gasteiger partial charge in [-0.2, -0.15) is 0 Å². The van der Waals surface area contributed by atoms with E-state index in [0.29, 0.717) is 0 Å². The SMILES string of the molecule is CC(NCCCCN(C)C)C(=O)NC(N)=O. The maximum absolute atomic E-state index is 11.2. The van der Waals surface area contributed by atoms with Crippen molar-refractivity contribution in [1.29, 1.82) is 0 Å². The van der Waals surface area contributed by atoms with Crippen molar-refractivity contribution >= 4 is 11.9 Å². The van der Waals surface area contributed by atoms with Gasteiger partial charge in [0.15, 0.2) is 0 Å². The van der Waals surface area contributed by atoms with E-state index in [9.17, 15) is 9.59 Å². The Kier molecular flexibility index (Phi) is 7.49. The predicted octanol–water partition coefficient (Wildman–Crippen LogP) is -0.499. The lowest BCUT2D eigenvalue weighted by atomic mass is 10.2. The Bertz CT molecular complexity index is 231. The Hall–Kier alpha value is -1.14. The van der Waals surface area contributed by atoms with Crippen LogP contribution >= 0.6 is 0 Å². The van der Waals surface area contributed by atoms with Crippen LogP contribution in [0.3, 0.4) is 0 Å². The van der Waals surface area contributed by atoms with Crippen LogP contribution in [0.5, 0.6) is 0 Å². The van der Waals surface area contributed by atoms with E-state index in [2.05, 4.69) is 10.2 Å². The zero-order valence-corrected chi connectivity index (χ0v) is 10.2. The summed E-state index contributed by atoms with van der Waals surface area (Å²) >= 11 is 0. The molecule has 1 unspecified atom stereocenters. The summed E-state index contributed by atoms with van der Waals surface area (Å²) < 4.78 is 0. The van der Waals surface area contributed by atoms with Gasteiger partial charge < -0.3 is 16.0 Å². The fraction of sp³-hybridized carbons (Fsp3) is 0.800. The topological polar surface area (TPSA) is 87.5 Å². The van der Waals surface area contributed by atoms with Crippen LogP contribution < -0.4 is 16.4 Å². The van der Waals surface area contributed by atoms with Crippen LogP contribution in [-0.4, -0.2) is 50.1 Å². The molecule has 6 nitrogen and oxygen atoms in total. The molecule has 0 heterocycles. The van der Waals surface area contributed by atoms with Crippen LogP contribution in [-0.2, 0) is 4.79 Å². The maximum Gasteiger partial charge on any atom is 0.318 e. The summed E-state index contributed by atoms with van der Waals surface area (Å²) in [6.07, 6.45) is 2.07. The third-order valence-corrected chi connectivity index (χ3v) is 2.12. The number of carbonyl (C=O) groups excluding carboxylic acids is 2. The van der Waals surface area contributed by atoms with Gasteiger partial charge in [-0.1, -0.05) is 0 Å². The number of primary amides is 1. The number of amides is 3. The van der Waals surface area contributed by atoms with Crippen LogP contribution in [0.1, 0.15) is 19.8 Å². The molecule has 0 rings (SSSR count). The molecule has 0 saturated heterocycles. The molecule has 0 aliphatic heterocycles. The molecule has 3 amide bonds. The highest BCUT2D eigenvalue weighted by Gasteiger charge is 2.12. The first-order valence-corrected chi connectivity index (χ1v) is 5.42. The zero-order chi connectivity index (χ0) is 12.6. The maximum atomic E-state index is 11.2. The minimum atomic E-state index is -0.814. The number of rotatable bonds is 7. The standard InChI is InChI=1S/C10H22N4O2/c1-8(9(15)13-10(11)16)12-6-4-5-7-14(2)3/h8,12H,4-7H2,1-3H3,(H3,11,13,15,16). The Morgan fingerprint density at radius 3 is 2.44 bits per heavy atom. The van der Waals surface area contributed by atoms with Crippen LogP contribution in [0.25, 0.3) is 0 Å². The number of nitrogens with two attached hydrogens (primary N) is 1. The molecular formula is C10H22N4O2. The second-order valence-corrected chi connectivity index (χ2v) is 4.04. The highest BCUT2D eigenvalue weighted by atomic mass is 16.2. The molecule has 6 heteroatoms. The lowest BCUT2D eigenvalue weighted by Crippen LogP contribution is -2.46. The number of nitrogens with zero attached hydrogens (tertiary/aromatic N) is 1. The largest absolute Gasteiger partial charge is 0.351 e. The first-order chi connectivity index (χ1) is 7.43. The van der Waals surface area contributed by atoms with E-state index in [4.69, 9.17) is 5.73 Å². The van der Waals surface area contributed by atoms with Gasteiger partial charge in [-0.15, -0.1) is 0 Å². The Labute approximate surface area is 96.5 Å². The Morgan fingerprint density at radius 2 is 1.94 bits per heavy atom. The van der Waals surface area contributed by atoms with Gasteiger partial charge in [0.1, 0.15) is 0 Å². The average Bonchev–Trinajstić information content (AvgIpc) is 2.15. The zero-order valence-electron chi connectivity index (χ0n) is 10.2. The van der Waals surface area contributed by atoms with Gasteiger partial charge in [-0.3, -0.25) is 10.1 Å². The summed E-state index contributed by atoms with van der Waals surface area (Å²) in [5.74, 6) is -0.389. The second-order valence-electron chi connectivity index (χ2n) is 4.04. The fourth-order valence-corrected chi connectivity index (χ4v) is 1.19. The van der Waals surface area contributed by atoms with Crippen molar-refractivity contribution in [1.82, 2.24) is 15.5 Å². The normalized spacial score (nSPS) is 12.5. The van der Waals surface area contributed by atoms with Gasteiger partial charge in [0, 0.05) is 0 Å². The molecule has 0 aromatic heterocycles. The van der Waals surface area contributed by atoms with E-state index in [0.717, 1.165) is 25.9 Å². The molecule has 0 aliphatic rings. The van der Waals surface area contributed by atoms with E-state index in [-0.39, 0.29) is 5.91 Å². The first kappa shape index (κ1) is 14.9. The highest BCUT2D eigenvalue weighted by molar-refractivity contribution is 5.96. The molecule has 0 aromatic carbocycles. The monoisotopic (exact) mass is 230 g/mol. The molecule has 0 aliphatic carbocycles. The van der Waals surface area contributed by atoms with Gasteiger partial charge in [-0.05, 0) is 47.0 Å². The van der Waals surface area contributed by atoms with Crippen molar-refractivity contribution in [2.75, 3.05) is 27.2 Å². The van der Waals surface area contributed by atoms with E-state index in [1.807, 2.05) is 19.4 Å². The number of urea groups is 1. The molecular weight excluding hydrogens is 208 g/mol. The number of imide groups is 1. The molecule has 0 spiro atoms. The van der Waals surface area contributed by atoms with E-state index >= 15 is 0 Å². The molecule has 0 radical (unpaired) electrons. The van der Waals surface area contributed by atoms with Gasteiger partial charge in [0.2, 0.25) is 5.91 Å². The quantitative estimate of drug-likeness (QED) is 0.515. The number of nitrogens with one attached hydrogen (secondary N) is 2. The smallest absolute Gasteiger partial charge is 0.318 e. The number of hydrogen-bond donors (Lipinski definition) is 3. The Morgan fingerprint density at radius 1 is 1.31 bits per heavy atom. The fourth-order valence-electron chi connectivity index (χ4n) is 1.19. The van der Waals surface area contributed by atoms with Gasteiger partial charge in [-0.25, -0.2) is 4.79 Å². The molecule has 0 bridgehead atoms. The van der Waals surface area contributed by atoms with E-state index in [1.165, 1.54) is 0 Å². The first-order valence-electron chi connectivity index (χ1n) is 5.42. The lowest BCUT2D eigenvalue weighted by molar-refractivity contribution is -0.121. The molecule has 0 saturated carbocycles. The minimum absolute atomic E-state index is 0.389. The highest BCUT2D eigenvalue weighted by Crippen LogP contribution is 1.90. The van der Waals surface area contributed by atoms with Gasteiger partial charge in [0.25, 0.3) is 0 Å². The molecule has 0 aromatic rings. The van der Waals surface area contributed by atoms with Crippen LogP contribution in [0.15, 0.2) is 0 Å². The lowest BCUT2D eigenvalue weighted by Gasteiger charge is -2.13. The average molecular weight is 230 g/mol. The molecule has 16 heavy (non-hydrogen) atoms. The van der Waals surface area contributed by atoms with Crippen molar-refractivity contribution in [2.24, 2.45) is 5.73 Å². The summed E-state index contributed by atoms with van der Waals surface area (Å²) in [6.45, 7) is 3.48. The summed E-state index contributed by atoms with van der Waals surface area (Å²) in [4.78, 5) is 23.8. The summed E-state index contributed by atoms with van der Waals surface area (Å²) in [5, 5.41) is 5.05. The van der Waals surface area contributed by atoms with E-state index in [1.54, 1.807) is 6.92 Å². The van der Waals surface area contributed by atoms with Crippen LogP contribution in [0.2, 0.25) is 0 Å². The number of hydrogen-bond acceptors (Lipinski definition) is 4. The van der Waals surface area contributed by atoms with Crippen molar-refractivity contribution in [3.05, 3.63) is 0 Å². The summed E-state index contributed by atoms with van der Waals surface area (Å²) in [5.41, 5.74) is 4.84. The number of unbranched alkanes of at least 4 members (excludes halogenated alkanes) is 1. The molecule has 4 N–H and O–H groups in total. The van der Waals surface area contributed by atoms with Crippen molar-refractivity contribution in [2.45, 2.75) is 25.8 Å². The van der Waals surface area contributed by atoms with Crippen molar-refractivity contribution in [3.8, 4) is 0 Å². The minimum Gasteiger partial charge on any atom is -0.351 e. The molecule has 94 valence electrons. The molecule has 1 atom stereocenters. The van der Waals surface area contributed by atoms with Crippen molar-refractivity contribution in [3.63, 3.8) is 0 Å². The Balaban J connectivity index is 3.53. The third-order valence-electron chi connectivity index (χ3n) is 2.12. The summed E-state index contributed by atoms with van der Waals surface area (Å²) in [7, 11) is 4.05. The molecule has 0 fully saturated rings. The van der Waals surface area contributed by atoms with Crippen molar-refractivity contribution < 1.29 is 9.59 Å². The van der Waals surface area contributed by atoms with Gasteiger partial charge in [0.05, 0.1) is 6.04 Å². The third kappa shape index (κ3) is 8.19. The van der Waals surface area contributed by atoms with E-state index < -0.39 is 12.1 Å². The van der Waals surface area contributed by atoms with Gasteiger partial charge >= 0.3 is 6.03 Å². The van der Waals surface area contributed by atoms with Crippen LogP contribution in [0, 0.1) is 0 Å². The second kappa shape index (κ2) is 8.06.